The van der Waals surface area contributed by atoms with Crippen LogP contribution in [0.25, 0.3) is 0 Å². The second-order valence-corrected chi connectivity index (χ2v) is 5.44. The van der Waals surface area contributed by atoms with E-state index in [2.05, 4.69) is 10.2 Å². The Balaban J connectivity index is 1.67. The van der Waals surface area contributed by atoms with Crippen molar-refractivity contribution in [1.29, 1.82) is 0 Å². The molecule has 0 aromatic carbocycles. The average Bonchev–Trinajstić information content (AvgIpc) is 2.94. The van der Waals surface area contributed by atoms with Gasteiger partial charge < -0.3 is 4.90 Å². The molecule has 3 aliphatic rings. The van der Waals surface area contributed by atoms with Crippen molar-refractivity contribution in [3.05, 3.63) is 26.5 Å². The number of aromatic nitrogens is 3. The van der Waals surface area contributed by atoms with Crippen LogP contribution in [0.2, 0.25) is 0 Å². The van der Waals surface area contributed by atoms with E-state index in [9.17, 15) is 14.4 Å². The van der Waals surface area contributed by atoms with Gasteiger partial charge in [-0.2, -0.15) is 5.10 Å². The van der Waals surface area contributed by atoms with Gasteiger partial charge in [-0.05, 0) is 30.6 Å². The average molecular weight is 248 g/mol. The summed E-state index contributed by atoms with van der Waals surface area (Å²) in [6.07, 6.45) is 2.27. The fourth-order valence-corrected chi connectivity index (χ4v) is 3.70. The first-order valence-electron chi connectivity index (χ1n) is 6.15. The normalized spacial score (nSPS) is 35.7. The van der Waals surface area contributed by atoms with Gasteiger partial charge in [-0.15, -0.1) is 0 Å². The predicted molar refractivity (Wildman–Crippen MR) is 60.0 cm³/mol. The van der Waals surface area contributed by atoms with E-state index in [1.54, 1.807) is 4.90 Å². The van der Waals surface area contributed by atoms with Crippen LogP contribution in [0.4, 0.5) is 0 Å². The second kappa shape index (κ2) is 3.09. The molecule has 2 aliphatic carbocycles. The number of piperidine rings is 1. The Morgan fingerprint density at radius 2 is 2.11 bits per heavy atom. The third-order valence-electron chi connectivity index (χ3n) is 4.54. The highest BCUT2D eigenvalue weighted by Gasteiger charge is 2.61. The summed E-state index contributed by atoms with van der Waals surface area (Å²) in [4.78, 5) is 38.5. The maximum atomic E-state index is 12.3. The van der Waals surface area contributed by atoms with E-state index in [0.717, 1.165) is 18.9 Å². The van der Waals surface area contributed by atoms with Crippen molar-refractivity contribution in [2.24, 2.45) is 17.8 Å². The molecule has 0 unspecified atom stereocenters. The van der Waals surface area contributed by atoms with Crippen LogP contribution in [-0.4, -0.2) is 38.6 Å². The van der Waals surface area contributed by atoms with Crippen molar-refractivity contribution < 1.29 is 4.79 Å². The molecular weight excluding hydrogens is 236 g/mol. The molecule has 1 aliphatic heterocycles. The third kappa shape index (κ3) is 1.19. The van der Waals surface area contributed by atoms with E-state index in [4.69, 9.17) is 0 Å². The van der Waals surface area contributed by atoms with Crippen LogP contribution in [0.5, 0.6) is 0 Å². The number of nitrogens with zero attached hydrogens (tertiary/aromatic N) is 2. The molecule has 1 aromatic heterocycles. The van der Waals surface area contributed by atoms with E-state index in [-0.39, 0.29) is 17.6 Å². The Hall–Kier alpha value is -1.92. The Morgan fingerprint density at radius 1 is 1.28 bits per heavy atom. The minimum absolute atomic E-state index is 0.209. The summed E-state index contributed by atoms with van der Waals surface area (Å²) in [6.45, 7) is 0.727. The zero-order valence-corrected chi connectivity index (χ0v) is 9.55. The molecular formula is C11H12N4O3. The molecule has 1 amide bonds. The lowest BCUT2D eigenvalue weighted by atomic mass is 10.1. The van der Waals surface area contributed by atoms with Gasteiger partial charge in [-0.25, -0.2) is 9.89 Å². The molecule has 4 rings (SSSR count). The molecule has 1 saturated heterocycles. The van der Waals surface area contributed by atoms with Crippen LogP contribution in [0.15, 0.2) is 9.59 Å². The molecule has 18 heavy (non-hydrogen) atoms. The van der Waals surface area contributed by atoms with Crippen LogP contribution in [0.1, 0.15) is 23.3 Å². The number of H-pyrrole nitrogens is 2. The first-order valence-corrected chi connectivity index (χ1v) is 6.15. The van der Waals surface area contributed by atoms with Gasteiger partial charge in [0.2, 0.25) is 5.69 Å². The highest BCUT2D eigenvalue weighted by atomic mass is 16.2. The summed E-state index contributed by atoms with van der Waals surface area (Å²) in [6, 6.07) is 0.278. The smallest absolute Gasteiger partial charge is 0.334 e. The minimum atomic E-state index is -0.709. The van der Waals surface area contributed by atoms with Crippen molar-refractivity contribution >= 4 is 5.91 Å². The van der Waals surface area contributed by atoms with E-state index >= 15 is 0 Å². The Kier molecular flexibility index (Phi) is 1.73. The second-order valence-electron chi connectivity index (χ2n) is 5.44. The monoisotopic (exact) mass is 248 g/mol. The zero-order chi connectivity index (χ0) is 12.4. The van der Waals surface area contributed by atoms with Crippen LogP contribution in [0.3, 0.4) is 0 Å². The standard InChI is InChI=1S/C11H12N4O3/c16-9-8(13-14-11(18)12-9)10(17)15-3-4-1-7(15)6-2-5(4)6/h4-7H,1-3H2,(H2,12,14,16,18)/t4-,5-,6-,7-/m0/s1. The quantitative estimate of drug-likeness (QED) is 0.661. The van der Waals surface area contributed by atoms with Gasteiger partial charge in [0, 0.05) is 12.6 Å². The number of likely N-dealkylation sites (tertiary alicyclic amines) is 1. The summed E-state index contributed by atoms with van der Waals surface area (Å²) >= 11 is 0. The fraction of sp³-hybridized carbons (Fsp3) is 0.636. The number of hydrogen-bond acceptors (Lipinski definition) is 4. The first-order chi connectivity index (χ1) is 8.65. The summed E-state index contributed by atoms with van der Waals surface area (Å²) in [5, 5.41) is 5.67. The Morgan fingerprint density at radius 3 is 2.78 bits per heavy atom. The van der Waals surface area contributed by atoms with Crippen LogP contribution < -0.4 is 11.2 Å². The number of carbonyl (C=O) groups excluding carboxylic acids is 1. The highest BCUT2D eigenvalue weighted by Crippen LogP contribution is 2.61. The molecule has 1 aromatic rings. The summed E-state index contributed by atoms with van der Waals surface area (Å²) in [7, 11) is 0. The summed E-state index contributed by atoms with van der Waals surface area (Å²) in [5.74, 6) is 1.69. The van der Waals surface area contributed by atoms with Crippen LogP contribution in [0, 0.1) is 17.8 Å². The topological polar surface area (TPSA) is 98.9 Å². The van der Waals surface area contributed by atoms with Crippen molar-refractivity contribution in [2.45, 2.75) is 18.9 Å². The molecule has 2 saturated carbocycles. The van der Waals surface area contributed by atoms with Gasteiger partial charge in [0.25, 0.3) is 11.5 Å². The number of carbonyl (C=O) groups is 1. The number of rotatable bonds is 1. The largest absolute Gasteiger partial charge is 0.342 e. The SMILES string of the molecule is O=C(c1n[nH]c(=O)[nH]c1=O)N1C[C@@H]2C[C@H]1[C@H]1C[C@@H]21. The molecule has 94 valence electrons. The molecule has 7 nitrogen and oxygen atoms in total. The maximum Gasteiger partial charge on any atom is 0.342 e. The molecule has 2 N–H and O–H groups in total. The van der Waals surface area contributed by atoms with Crippen molar-refractivity contribution in [3.63, 3.8) is 0 Å². The number of amides is 1. The van der Waals surface area contributed by atoms with E-state index < -0.39 is 11.2 Å². The van der Waals surface area contributed by atoms with Crippen LogP contribution in [-0.2, 0) is 0 Å². The Bertz CT molecular complexity index is 648. The van der Waals surface area contributed by atoms with Crippen molar-refractivity contribution in [2.75, 3.05) is 6.54 Å². The lowest BCUT2D eigenvalue weighted by Crippen LogP contribution is -2.43. The number of nitrogens with one attached hydrogen (secondary N) is 2. The molecule has 0 radical (unpaired) electrons. The van der Waals surface area contributed by atoms with Gasteiger partial charge in [0.1, 0.15) is 0 Å². The molecule has 2 bridgehead atoms. The lowest BCUT2D eigenvalue weighted by molar-refractivity contribution is 0.0683. The van der Waals surface area contributed by atoms with Gasteiger partial charge in [0.15, 0.2) is 0 Å². The molecule has 0 spiro atoms. The Labute approximate surface area is 101 Å². The maximum absolute atomic E-state index is 12.3. The fourth-order valence-electron chi connectivity index (χ4n) is 3.70. The van der Waals surface area contributed by atoms with Gasteiger partial charge >= 0.3 is 5.69 Å². The number of hydrogen-bond donors (Lipinski definition) is 2. The van der Waals surface area contributed by atoms with Gasteiger partial charge in [-0.3, -0.25) is 14.6 Å². The number of fused-ring (bicyclic) bond motifs is 5. The molecule has 7 heteroatoms. The first kappa shape index (κ1) is 10.0. The van der Waals surface area contributed by atoms with Gasteiger partial charge in [0.05, 0.1) is 0 Å². The molecule has 2 heterocycles. The minimum Gasteiger partial charge on any atom is -0.334 e. The third-order valence-corrected chi connectivity index (χ3v) is 4.54. The van der Waals surface area contributed by atoms with E-state index in [1.807, 2.05) is 4.98 Å². The van der Waals surface area contributed by atoms with E-state index in [1.165, 1.54) is 6.42 Å². The summed E-state index contributed by atoms with van der Waals surface area (Å²) < 4.78 is 0. The predicted octanol–water partition coefficient (Wildman–Crippen LogP) is -1.06. The lowest BCUT2D eigenvalue weighted by Gasteiger charge is -2.25. The van der Waals surface area contributed by atoms with Crippen molar-refractivity contribution in [3.8, 4) is 0 Å². The zero-order valence-electron chi connectivity index (χ0n) is 9.55. The molecule has 4 atom stereocenters. The number of aromatic amines is 2. The highest BCUT2D eigenvalue weighted by molar-refractivity contribution is 5.92. The summed E-state index contributed by atoms with van der Waals surface area (Å²) in [5.41, 5.74) is -1.61. The van der Waals surface area contributed by atoms with Crippen LogP contribution >= 0.6 is 0 Å². The van der Waals surface area contributed by atoms with Crippen molar-refractivity contribution in [1.82, 2.24) is 20.1 Å². The van der Waals surface area contributed by atoms with E-state index in [0.29, 0.717) is 11.8 Å². The van der Waals surface area contributed by atoms with Gasteiger partial charge in [-0.1, -0.05) is 0 Å². The molecule has 3 fully saturated rings.